The van der Waals surface area contributed by atoms with Gasteiger partial charge in [-0.3, -0.25) is 0 Å². The predicted molar refractivity (Wildman–Crippen MR) is 294 cm³/mol. The van der Waals surface area contributed by atoms with E-state index in [9.17, 15) is 0 Å². The third-order valence-corrected chi connectivity index (χ3v) is 12.1. The molecule has 10 aromatic rings. The number of aryl methyl sites for hydroxylation is 3. The highest BCUT2D eigenvalue weighted by Crippen LogP contribution is 2.43. The van der Waals surface area contributed by atoms with Gasteiger partial charge in [-0.2, -0.15) is 0 Å². The summed E-state index contributed by atoms with van der Waals surface area (Å²) in [5.74, 6) is 0. The molecule has 0 bridgehead atoms. The topological polar surface area (TPSA) is 26.0 Å². The molecule has 0 saturated heterocycles. The van der Waals surface area contributed by atoms with E-state index in [-0.39, 0.29) is 0 Å². The molecule has 66 heavy (non-hydrogen) atoms. The van der Waals surface area contributed by atoms with Crippen molar-refractivity contribution < 1.29 is 0 Å². The molecule has 10 rings (SSSR count). The summed E-state index contributed by atoms with van der Waals surface area (Å²) in [6.45, 7) is 12.3. The van der Waals surface area contributed by atoms with Crippen LogP contribution in [0.2, 0.25) is 0 Å². The first-order valence-electron chi connectivity index (χ1n) is 22.8. The van der Waals surface area contributed by atoms with Crippen molar-refractivity contribution in [1.82, 2.24) is 0 Å². The number of hydrogen-bond donors (Lipinski definition) is 1. The zero-order valence-corrected chi connectivity index (χ0v) is 40.0. The van der Waals surface area contributed by atoms with E-state index < -0.39 is 0 Å². The number of thiophene rings is 1. The van der Waals surface area contributed by atoms with Crippen molar-refractivity contribution in [3.63, 3.8) is 0 Å². The first-order chi connectivity index (χ1) is 32.4. The summed E-state index contributed by atoms with van der Waals surface area (Å²) in [7, 11) is 0. The van der Waals surface area contributed by atoms with Crippen LogP contribution in [-0.2, 0) is 0 Å². The van der Waals surface area contributed by atoms with Crippen LogP contribution in [0.1, 0.15) is 37.5 Å². The first kappa shape index (κ1) is 47.9. The molecule has 0 fully saturated rings. The van der Waals surface area contributed by atoms with Gasteiger partial charge < -0.3 is 5.73 Å². The van der Waals surface area contributed by atoms with Crippen molar-refractivity contribution >= 4 is 42.3 Å². The second-order valence-corrected chi connectivity index (χ2v) is 16.7. The Morgan fingerprint density at radius 3 is 1.45 bits per heavy atom. The van der Waals surface area contributed by atoms with Gasteiger partial charge in [0.25, 0.3) is 0 Å². The summed E-state index contributed by atoms with van der Waals surface area (Å²) >= 11 is 1.90. The van der Waals surface area contributed by atoms with E-state index in [0.717, 1.165) is 0 Å². The largest absolute Gasteiger partial charge is 0.405 e. The van der Waals surface area contributed by atoms with Crippen LogP contribution in [0.5, 0.6) is 0 Å². The van der Waals surface area contributed by atoms with Gasteiger partial charge in [-0.1, -0.05) is 255 Å². The second-order valence-electron chi connectivity index (χ2n) is 15.7. The van der Waals surface area contributed by atoms with Crippen molar-refractivity contribution in [3.8, 4) is 44.5 Å². The smallest absolute Gasteiger partial charge is 0.0434 e. The molecule has 9 aromatic carbocycles. The van der Waals surface area contributed by atoms with Gasteiger partial charge in [0.15, 0.2) is 0 Å². The van der Waals surface area contributed by atoms with Crippen LogP contribution in [0.4, 0.5) is 0 Å². The summed E-state index contributed by atoms with van der Waals surface area (Å²) < 4.78 is 2.72. The molecule has 0 unspecified atom stereocenters. The van der Waals surface area contributed by atoms with Crippen LogP contribution >= 0.6 is 11.3 Å². The van der Waals surface area contributed by atoms with Crippen LogP contribution in [0.3, 0.4) is 0 Å². The number of nitrogens with two attached hydrogens (primary N) is 1. The minimum Gasteiger partial charge on any atom is -0.405 e. The molecule has 0 aliphatic heterocycles. The van der Waals surface area contributed by atoms with Crippen molar-refractivity contribution in [2.75, 3.05) is 0 Å². The SMILES string of the molecule is C/C=C/C=C\C=C/N.CC.Cc1ccc(-c2ccccc2)cc1.Cc1ccc(-c2ccccc2)cc1.Cc1cccc(-c2cccc(-c3cccc4c3sc3ccc5ccccc5c34)c2)c1. The number of allylic oxidation sites excluding steroid dienone is 5. The molecule has 2 N–H and O–H groups in total. The maximum Gasteiger partial charge on any atom is 0.0434 e. The lowest BCUT2D eigenvalue weighted by atomic mass is 9.96. The van der Waals surface area contributed by atoms with Gasteiger partial charge in [0.2, 0.25) is 0 Å². The Balaban J connectivity index is 0.000000166. The van der Waals surface area contributed by atoms with E-state index >= 15 is 0 Å². The quantitative estimate of drug-likeness (QED) is 0.166. The van der Waals surface area contributed by atoms with Gasteiger partial charge in [0.1, 0.15) is 0 Å². The Morgan fingerprint density at radius 2 is 0.864 bits per heavy atom. The molecule has 328 valence electrons. The number of benzene rings is 9. The fourth-order valence-corrected chi connectivity index (χ4v) is 8.80. The summed E-state index contributed by atoms with van der Waals surface area (Å²) in [6, 6.07) is 75.7. The Hall–Kier alpha value is -7.52. The fourth-order valence-electron chi connectivity index (χ4n) is 7.54. The third kappa shape index (κ3) is 13.0. The molecule has 0 atom stereocenters. The van der Waals surface area contributed by atoms with Crippen LogP contribution in [-0.4, -0.2) is 0 Å². The molecule has 1 nitrogen and oxygen atoms in total. The second kappa shape index (κ2) is 25.1. The Morgan fingerprint density at radius 1 is 0.379 bits per heavy atom. The summed E-state index contributed by atoms with van der Waals surface area (Å²) in [6.07, 6.45) is 11.0. The summed E-state index contributed by atoms with van der Waals surface area (Å²) in [5, 5.41) is 5.37. The Bertz CT molecular complexity index is 3020. The molecule has 0 aliphatic carbocycles. The predicted octanol–water partition coefficient (Wildman–Crippen LogP) is 18.8. The molecule has 0 radical (unpaired) electrons. The maximum absolute atomic E-state index is 5.05. The Kier molecular flexibility index (Phi) is 18.2. The molecular weight excluding hydrogens is 815 g/mol. The van der Waals surface area contributed by atoms with E-state index in [1.165, 1.54) is 98.3 Å². The van der Waals surface area contributed by atoms with Crippen LogP contribution < -0.4 is 5.73 Å². The Labute approximate surface area is 397 Å². The molecule has 0 amide bonds. The number of rotatable bonds is 6. The van der Waals surface area contributed by atoms with Crippen LogP contribution in [0, 0.1) is 20.8 Å². The molecule has 0 spiro atoms. The van der Waals surface area contributed by atoms with Gasteiger partial charge in [0, 0.05) is 20.2 Å². The highest BCUT2D eigenvalue weighted by Gasteiger charge is 2.13. The van der Waals surface area contributed by atoms with Gasteiger partial charge in [0.05, 0.1) is 0 Å². The van der Waals surface area contributed by atoms with E-state index in [2.05, 4.69) is 221 Å². The molecular formula is C64H61NS. The number of fused-ring (bicyclic) bond motifs is 5. The lowest BCUT2D eigenvalue weighted by molar-refractivity contribution is 1.47. The summed E-state index contributed by atoms with van der Waals surface area (Å²) in [5.41, 5.74) is 19.2. The van der Waals surface area contributed by atoms with Gasteiger partial charge in [-0.15, -0.1) is 11.3 Å². The van der Waals surface area contributed by atoms with Crippen molar-refractivity contribution in [2.45, 2.75) is 41.5 Å². The van der Waals surface area contributed by atoms with Gasteiger partial charge in [-0.05, 0) is 107 Å². The van der Waals surface area contributed by atoms with Gasteiger partial charge >= 0.3 is 0 Å². The lowest BCUT2D eigenvalue weighted by Gasteiger charge is -2.08. The maximum atomic E-state index is 5.05. The zero-order chi connectivity index (χ0) is 46.5. The highest BCUT2D eigenvalue weighted by molar-refractivity contribution is 7.26. The summed E-state index contributed by atoms with van der Waals surface area (Å²) in [4.78, 5) is 0. The van der Waals surface area contributed by atoms with E-state index in [4.69, 9.17) is 5.73 Å². The van der Waals surface area contributed by atoms with E-state index in [1.54, 1.807) is 6.08 Å². The molecule has 2 heteroatoms. The fraction of sp³-hybridized carbons (Fsp3) is 0.0938. The third-order valence-electron chi connectivity index (χ3n) is 10.9. The van der Waals surface area contributed by atoms with Crippen molar-refractivity contribution in [1.29, 1.82) is 0 Å². The lowest BCUT2D eigenvalue weighted by Crippen LogP contribution is -1.83. The minimum absolute atomic E-state index is 1.26. The molecule has 1 heterocycles. The molecule has 0 saturated carbocycles. The average Bonchev–Trinajstić information content (AvgIpc) is 3.77. The van der Waals surface area contributed by atoms with Crippen LogP contribution in [0.15, 0.2) is 249 Å². The van der Waals surface area contributed by atoms with Crippen LogP contribution in [0.25, 0.3) is 75.5 Å². The van der Waals surface area contributed by atoms with Crippen molar-refractivity contribution in [3.05, 3.63) is 266 Å². The zero-order valence-electron chi connectivity index (χ0n) is 39.2. The number of hydrogen-bond acceptors (Lipinski definition) is 2. The first-order valence-corrected chi connectivity index (χ1v) is 23.6. The monoisotopic (exact) mass is 875 g/mol. The van der Waals surface area contributed by atoms with E-state index in [0.29, 0.717) is 0 Å². The standard InChI is InChI=1S/C29H20S.2C13H12.C7H11N.C2H6/c1-19-7-4-9-21(17-19)22-10-5-11-23(18-22)25-13-6-14-26-28-24-12-3-2-8-20(24)15-16-27(28)30-29(25)26;2*1-11-7-9-13(10-8-11)12-5-3-2-4-6-12;1-2-3-4-5-6-7-8;1-2/h2-18H,1H3;2*2-10H,1H3;2-7H,8H2,1H3;1-2H3/b;;;3-2+,5-4-,7-6-;. The van der Waals surface area contributed by atoms with E-state index in [1.807, 2.05) is 68.5 Å². The minimum atomic E-state index is 1.26. The highest BCUT2D eigenvalue weighted by atomic mass is 32.1. The molecule has 1 aromatic heterocycles. The van der Waals surface area contributed by atoms with Crippen molar-refractivity contribution in [2.24, 2.45) is 5.73 Å². The average molecular weight is 876 g/mol. The normalized spacial score (nSPS) is 10.8. The van der Waals surface area contributed by atoms with Gasteiger partial charge in [-0.25, -0.2) is 0 Å². The molecule has 0 aliphatic rings.